The number of carbonyl (C=O) groups excluding carboxylic acids is 1. The number of halogens is 1. The normalized spacial score (nSPS) is 10.7. The van der Waals surface area contributed by atoms with Gasteiger partial charge in [-0.3, -0.25) is 9.69 Å². The molecule has 0 radical (unpaired) electrons. The number of anilines is 1. The fraction of sp³-hybridized carbons (Fsp3) is 0.417. The van der Waals surface area contributed by atoms with Gasteiger partial charge in [0.1, 0.15) is 0 Å². The van der Waals surface area contributed by atoms with Crippen molar-refractivity contribution in [2.24, 2.45) is 0 Å². The number of carbonyl (C=O) groups is 1. The minimum Gasteiger partial charge on any atom is -0.490 e. The summed E-state index contributed by atoms with van der Waals surface area (Å²) in [4.78, 5) is 22.2. The van der Waals surface area contributed by atoms with Crippen molar-refractivity contribution in [2.45, 2.75) is 20.8 Å². The van der Waals surface area contributed by atoms with Gasteiger partial charge >= 0.3 is 0 Å². The van der Waals surface area contributed by atoms with E-state index in [9.17, 15) is 4.79 Å². The number of hydrogen-bond acceptors (Lipinski definition) is 7. The molecular formula is C24H32ClN3O4S. The molecule has 7 nitrogen and oxygen atoms in total. The number of para-hydroxylation sites is 1. The Balaban J connectivity index is 0.00000385. The summed E-state index contributed by atoms with van der Waals surface area (Å²) in [5, 5.41) is 0.669. The summed E-state index contributed by atoms with van der Waals surface area (Å²) < 4.78 is 18.4. The number of amides is 1. The van der Waals surface area contributed by atoms with Crippen LogP contribution in [0.1, 0.15) is 31.1 Å². The quantitative estimate of drug-likeness (QED) is 0.369. The Bertz CT molecular complexity index is 997. The molecule has 0 unspecified atom stereocenters. The van der Waals surface area contributed by atoms with Crippen molar-refractivity contribution in [3.8, 4) is 17.2 Å². The second-order valence-electron chi connectivity index (χ2n) is 7.32. The topological polar surface area (TPSA) is 64.1 Å². The Kier molecular flexibility index (Phi) is 10.2. The molecule has 2 aromatic carbocycles. The Morgan fingerprint density at radius 2 is 1.55 bits per heavy atom. The molecule has 1 heterocycles. The van der Waals surface area contributed by atoms with Gasteiger partial charge in [0.15, 0.2) is 16.6 Å². The molecule has 180 valence electrons. The lowest BCUT2D eigenvalue weighted by Crippen LogP contribution is -2.36. The average Bonchev–Trinajstić information content (AvgIpc) is 3.19. The first-order chi connectivity index (χ1) is 15.5. The molecule has 9 heteroatoms. The molecule has 0 aliphatic heterocycles. The fourth-order valence-corrected chi connectivity index (χ4v) is 4.22. The number of rotatable bonds is 11. The molecule has 33 heavy (non-hydrogen) atoms. The molecule has 0 saturated carbocycles. The van der Waals surface area contributed by atoms with Gasteiger partial charge in [0, 0.05) is 18.7 Å². The molecule has 1 amide bonds. The van der Waals surface area contributed by atoms with Crippen LogP contribution in [0.25, 0.3) is 10.2 Å². The smallest absolute Gasteiger partial charge is 0.260 e. The van der Waals surface area contributed by atoms with Crippen LogP contribution in [0.5, 0.6) is 17.2 Å². The third-order valence-corrected chi connectivity index (χ3v) is 5.74. The van der Waals surface area contributed by atoms with Crippen LogP contribution in [-0.2, 0) is 0 Å². The van der Waals surface area contributed by atoms with Gasteiger partial charge in [-0.1, -0.05) is 23.5 Å². The van der Waals surface area contributed by atoms with Crippen LogP contribution in [-0.4, -0.2) is 62.8 Å². The predicted octanol–water partition coefficient (Wildman–Crippen LogP) is 5.12. The molecule has 0 N–H and O–H groups in total. The number of likely N-dealkylation sites (N-methyl/N-ethyl adjacent to an activating group) is 1. The van der Waals surface area contributed by atoms with Gasteiger partial charge in [-0.25, -0.2) is 4.98 Å². The van der Waals surface area contributed by atoms with E-state index in [0.29, 0.717) is 60.9 Å². The lowest BCUT2D eigenvalue weighted by atomic mass is 10.1. The summed E-state index contributed by atoms with van der Waals surface area (Å²) in [6, 6.07) is 11.4. The van der Waals surface area contributed by atoms with Gasteiger partial charge in [0.05, 0.1) is 30.0 Å². The molecule has 0 atom stereocenters. The highest BCUT2D eigenvalue weighted by Gasteiger charge is 2.25. The van der Waals surface area contributed by atoms with Crippen LogP contribution in [0, 0.1) is 0 Å². The van der Waals surface area contributed by atoms with E-state index in [0.717, 1.165) is 10.2 Å². The molecule has 3 aromatic rings. The van der Waals surface area contributed by atoms with E-state index in [1.54, 1.807) is 17.0 Å². The summed E-state index contributed by atoms with van der Waals surface area (Å²) in [5.74, 6) is 1.37. The van der Waals surface area contributed by atoms with Crippen molar-refractivity contribution < 1.29 is 19.0 Å². The van der Waals surface area contributed by atoms with Crippen molar-refractivity contribution in [3.05, 3.63) is 42.0 Å². The van der Waals surface area contributed by atoms with Crippen molar-refractivity contribution in [1.29, 1.82) is 0 Å². The first-order valence-corrected chi connectivity index (χ1v) is 11.7. The monoisotopic (exact) mass is 493 g/mol. The average molecular weight is 494 g/mol. The second-order valence-corrected chi connectivity index (χ2v) is 8.33. The molecule has 0 fully saturated rings. The minimum absolute atomic E-state index is 0. The van der Waals surface area contributed by atoms with Crippen molar-refractivity contribution >= 4 is 45.0 Å². The third kappa shape index (κ3) is 6.50. The SMILES string of the molecule is CCOc1cc(C(=O)N(CCN(C)C)c2nc3ccccc3s2)cc(OCC)c1OCC.Cl. The summed E-state index contributed by atoms with van der Waals surface area (Å²) in [6.45, 7) is 8.28. The molecule has 0 saturated heterocycles. The van der Waals surface area contributed by atoms with Gasteiger partial charge < -0.3 is 19.1 Å². The zero-order valence-electron chi connectivity index (χ0n) is 19.8. The predicted molar refractivity (Wildman–Crippen MR) is 137 cm³/mol. The first-order valence-electron chi connectivity index (χ1n) is 10.9. The Morgan fingerprint density at radius 1 is 0.939 bits per heavy atom. The number of ether oxygens (including phenoxy) is 3. The summed E-state index contributed by atoms with van der Waals surface area (Å²) in [5.41, 5.74) is 1.35. The maximum Gasteiger partial charge on any atom is 0.260 e. The van der Waals surface area contributed by atoms with Crippen LogP contribution in [0.2, 0.25) is 0 Å². The van der Waals surface area contributed by atoms with Gasteiger partial charge in [-0.2, -0.15) is 0 Å². The van der Waals surface area contributed by atoms with Gasteiger partial charge in [0.2, 0.25) is 5.75 Å². The summed E-state index contributed by atoms with van der Waals surface area (Å²) >= 11 is 1.51. The van der Waals surface area contributed by atoms with Gasteiger partial charge in [-0.15, -0.1) is 12.4 Å². The maximum absolute atomic E-state index is 13.7. The highest BCUT2D eigenvalue weighted by molar-refractivity contribution is 7.22. The molecular weight excluding hydrogens is 462 g/mol. The van der Waals surface area contributed by atoms with Crippen LogP contribution < -0.4 is 19.1 Å². The number of thiazole rings is 1. The molecule has 0 aliphatic rings. The van der Waals surface area contributed by atoms with E-state index < -0.39 is 0 Å². The van der Waals surface area contributed by atoms with E-state index in [1.807, 2.05) is 64.0 Å². The van der Waals surface area contributed by atoms with Crippen LogP contribution in [0.15, 0.2) is 36.4 Å². The largest absolute Gasteiger partial charge is 0.490 e. The standard InChI is InChI=1S/C24H31N3O4S.ClH/c1-6-29-19-15-17(16-20(30-7-2)22(19)31-8-3)23(28)27(14-13-26(4)5)24-25-18-11-9-10-12-21(18)32-24;/h9-12,15-16H,6-8,13-14H2,1-5H3;1H. The maximum atomic E-state index is 13.7. The number of aromatic nitrogens is 1. The van der Waals surface area contributed by atoms with E-state index in [2.05, 4.69) is 0 Å². The van der Waals surface area contributed by atoms with E-state index in [-0.39, 0.29) is 18.3 Å². The zero-order valence-corrected chi connectivity index (χ0v) is 21.4. The molecule has 0 bridgehead atoms. The van der Waals surface area contributed by atoms with Crippen LogP contribution in [0.4, 0.5) is 5.13 Å². The number of benzene rings is 2. The summed E-state index contributed by atoms with van der Waals surface area (Å²) in [7, 11) is 3.97. The van der Waals surface area contributed by atoms with E-state index in [1.165, 1.54) is 11.3 Å². The molecule has 1 aromatic heterocycles. The second kappa shape index (κ2) is 12.6. The number of fused-ring (bicyclic) bond motifs is 1. The molecule has 0 spiro atoms. The minimum atomic E-state index is -0.157. The third-order valence-electron chi connectivity index (χ3n) is 4.69. The first kappa shape index (κ1) is 26.7. The Morgan fingerprint density at radius 3 is 2.09 bits per heavy atom. The number of nitrogens with zero attached hydrogens (tertiary/aromatic N) is 3. The zero-order chi connectivity index (χ0) is 23.1. The summed E-state index contributed by atoms with van der Waals surface area (Å²) in [6.07, 6.45) is 0. The van der Waals surface area contributed by atoms with Crippen molar-refractivity contribution in [1.82, 2.24) is 9.88 Å². The highest BCUT2D eigenvalue weighted by atomic mass is 35.5. The molecule has 0 aliphatic carbocycles. The fourth-order valence-electron chi connectivity index (χ4n) is 3.23. The van der Waals surface area contributed by atoms with Crippen molar-refractivity contribution in [2.75, 3.05) is 51.9 Å². The lowest BCUT2D eigenvalue weighted by Gasteiger charge is -2.23. The Hall–Kier alpha value is -2.55. The number of hydrogen-bond donors (Lipinski definition) is 0. The van der Waals surface area contributed by atoms with Crippen LogP contribution >= 0.6 is 23.7 Å². The Labute approximate surface area is 205 Å². The van der Waals surface area contributed by atoms with Crippen LogP contribution in [0.3, 0.4) is 0 Å². The highest BCUT2D eigenvalue weighted by Crippen LogP contribution is 2.40. The lowest BCUT2D eigenvalue weighted by molar-refractivity contribution is 0.0984. The van der Waals surface area contributed by atoms with E-state index in [4.69, 9.17) is 19.2 Å². The van der Waals surface area contributed by atoms with E-state index >= 15 is 0 Å². The van der Waals surface area contributed by atoms with Crippen molar-refractivity contribution in [3.63, 3.8) is 0 Å². The molecule has 3 rings (SSSR count). The van der Waals surface area contributed by atoms with Gasteiger partial charge in [0.25, 0.3) is 5.91 Å². The van der Waals surface area contributed by atoms with Gasteiger partial charge in [-0.05, 0) is 59.1 Å².